The lowest BCUT2D eigenvalue weighted by atomic mass is 9.89. The summed E-state index contributed by atoms with van der Waals surface area (Å²) in [6, 6.07) is 13.0. The van der Waals surface area contributed by atoms with Gasteiger partial charge in [0.25, 0.3) is 15.9 Å². The van der Waals surface area contributed by atoms with Gasteiger partial charge < -0.3 is 10.0 Å². The molecule has 0 saturated heterocycles. The molecule has 0 saturated carbocycles. The molecule has 0 fully saturated rings. The van der Waals surface area contributed by atoms with Crippen LogP contribution in [0.15, 0.2) is 53.4 Å². The maximum atomic E-state index is 13.2. The molecule has 35 heavy (non-hydrogen) atoms. The van der Waals surface area contributed by atoms with E-state index in [1.165, 1.54) is 29.2 Å². The topological polar surface area (TPSA) is 112 Å². The number of benzene rings is 2. The van der Waals surface area contributed by atoms with Crippen molar-refractivity contribution in [2.24, 2.45) is 0 Å². The van der Waals surface area contributed by atoms with Crippen molar-refractivity contribution in [3.8, 4) is 0 Å². The van der Waals surface area contributed by atoms with Crippen LogP contribution in [0, 0.1) is 0 Å². The van der Waals surface area contributed by atoms with Gasteiger partial charge in [0.2, 0.25) is 5.95 Å². The Bertz CT molecular complexity index is 1380. The summed E-state index contributed by atoms with van der Waals surface area (Å²) in [5.74, 6) is -0.673. The van der Waals surface area contributed by atoms with Crippen LogP contribution in [0.2, 0.25) is 10.3 Å². The predicted molar refractivity (Wildman–Crippen MR) is 134 cm³/mol. The number of aliphatic hydroxyl groups excluding tert-OH is 1. The summed E-state index contributed by atoms with van der Waals surface area (Å²) in [7, 11) is -4.15. The lowest BCUT2D eigenvalue weighted by Gasteiger charge is -2.32. The number of β-amino-alcohol motifs (C(OH)–C–C–N with tert-alkyl or cyclic N) is 1. The van der Waals surface area contributed by atoms with Crippen LogP contribution in [-0.4, -0.2) is 40.8 Å². The molecule has 2 N–H and O–H groups in total. The number of halogens is 2. The Morgan fingerprint density at radius 3 is 2.40 bits per heavy atom. The Hall–Kier alpha value is -2.72. The predicted octanol–water partition coefficient (Wildman–Crippen LogP) is 4.57. The van der Waals surface area contributed by atoms with Gasteiger partial charge in [0.1, 0.15) is 10.3 Å². The fourth-order valence-electron chi connectivity index (χ4n) is 3.97. The van der Waals surface area contributed by atoms with E-state index < -0.39 is 27.4 Å². The maximum absolute atomic E-state index is 13.2. The summed E-state index contributed by atoms with van der Waals surface area (Å²) in [6.45, 7) is 6.07. The van der Waals surface area contributed by atoms with Gasteiger partial charge in [-0.1, -0.05) is 74.3 Å². The molecule has 1 aliphatic rings. The van der Waals surface area contributed by atoms with Crippen molar-refractivity contribution in [2.75, 3.05) is 11.3 Å². The van der Waals surface area contributed by atoms with E-state index in [0.29, 0.717) is 12.1 Å². The molecule has 1 unspecified atom stereocenters. The zero-order valence-corrected chi connectivity index (χ0v) is 21.6. The highest BCUT2D eigenvalue weighted by Crippen LogP contribution is 2.34. The Labute approximate surface area is 214 Å². The monoisotopic (exact) mass is 534 g/mol. The molecule has 0 spiro atoms. The Balaban J connectivity index is 1.58. The van der Waals surface area contributed by atoms with Crippen molar-refractivity contribution in [2.45, 2.75) is 43.7 Å². The molecule has 0 bridgehead atoms. The lowest BCUT2D eigenvalue weighted by molar-refractivity contribution is 0.0550. The minimum atomic E-state index is -4.15. The fraction of sp³-hybridized carbons (Fsp3) is 0.292. The third-order valence-corrected chi connectivity index (χ3v) is 7.52. The van der Waals surface area contributed by atoms with E-state index in [4.69, 9.17) is 23.2 Å². The molecule has 2 aromatic carbocycles. The largest absolute Gasteiger partial charge is 0.387 e. The second-order valence-corrected chi connectivity index (χ2v) is 11.7. The average molecular weight is 535 g/mol. The maximum Gasteiger partial charge on any atom is 0.264 e. The summed E-state index contributed by atoms with van der Waals surface area (Å²) >= 11 is 12.5. The standard InChI is InChI=1S/C24H24Cl2N4O4S/c1-24(2,3)19-20(25)27-23(28-21(19)26)29-35(33,34)16-9-6-8-14(11-16)22(32)30-12-15-7-4-5-10-17(15)18(31)13-30/h4-11,18,31H,12-13H2,1-3H3,(H,27,28,29). The minimum absolute atomic E-state index is 0.0445. The normalized spacial score (nSPS) is 16.1. The number of aliphatic hydroxyl groups is 1. The van der Waals surface area contributed by atoms with Crippen LogP contribution in [-0.2, 0) is 22.0 Å². The van der Waals surface area contributed by atoms with Crippen molar-refractivity contribution < 1.29 is 18.3 Å². The third kappa shape index (κ3) is 5.28. The number of aromatic nitrogens is 2. The molecule has 1 aliphatic heterocycles. The van der Waals surface area contributed by atoms with E-state index in [1.807, 2.05) is 45.0 Å². The number of nitrogens with one attached hydrogen (secondary N) is 1. The zero-order chi connectivity index (χ0) is 25.5. The van der Waals surface area contributed by atoms with Crippen molar-refractivity contribution in [1.82, 2.24) is 14.9 Å². The molecular weight excluding hydrogens is 511 g/mol. The Morgan fingerprint density at radius 2 is 1.74 bits per heavy atom. The van der Waals surface area contributed by atoms with Crippen LogP contribution in [0.3, 0.4) is 0 Å². The van der Waals surface area contributed by atoms with Gasteiger partial charge in [0.05, 0.1) is 17.5 Å². The Kier molecular flexibility index (Phi) is 6.80. The van der Waals surface area contributed by atoms with E-state index in [9.17, 15) is 18.3 Å². The number of carbonyl (C=O) groups excluding carboxylic acids is 1. The molecule has 0 aliphatic carbocycles. The highest BCUT2D eigenvalue weighted by molar-refractivity contribution is 7.92. The van der Waals surface area contributed by atoms with Crippen LogP contribution in [0.4, 0.5) is 5.95 Å². The van der Waals surface area contributed by atoms with E-state index in [-0.39, 0.29) is 33.3 Å². The van der Waals surface area contributed by atoms with E-state index in [0.717, 1.165) is 11.1 Å². The van der Waals surface area contributed by atoms with Crippen LogP contribution >= 0.6 is 23.2 Å². The van der Waals surface area contributed by atoms with Crippen LogP contribution in [0.5, 0.6) is 0 Å². The van der Waals surface area contributed by atoms with Crippen molar-refractivity contribution >= 4 is 45.1 Å². The number of sulfonamides is 1. The number of hydrogen-bond donors (Lipinski definition) is 2. The first-order valence-corrected chi connectivity index (χ1v) is 13.0. The highest BCUT2D eigenvalue weighted by Gasteiger charge is 2.29. The molecule has 0 radical (unpaired) electrons. The lowest BCUT2D eigenvalue weighted by Crippen LogP contribution is -2.38. The van der Waals surface area contributed by atoms with Crippen LogP contribution in [0.25, 0.3) is 0 Å². The fourth-order valence-corrected chi connectivity index (χ4v) is 5.91. The van der Waals surface area contributed by atoms with E-state index >= 15 is 0 Å². The van der Waals surface area contributed by atoms with E-state index in [1.54, 1.807) is 0 Å². The second-order valence-electron chi connectivity index (χ2n) is 9.29. The smallest absolute Gasteiger partial charge is 0.264 e. The summed E-state index contributed by atoms with van der Waals surface area (Å²) in [5, 5.41) is 10.5. The van der Waals surface area contributed by atoms with Gasteiger partial charge in [0.15, 0.2) is 0 Å². The molecule has 1 amide bonds. The van der Waals surface area contributed by atoms with Gasteiger partial charge >= 0.3 is 0 Å². The summed E-state index contributed by atoms with van der Waals surface area (Å²) in [5.41, 5.74) is 1.85. The minimum Gasteiger partial charge on any atom is -0.387 e. The molecule has 184 valence electrons. The van der Waals surface area contributed by atoms with Gasteiger partial charge in [-0.05, 0) is 34.7 Å². The van der Waals surface area contributed by atoms with Crippen molar-refractivity contribution in [3.63, 3.8) is 0 Å². The van der Waals surface area contributed by atoms with E-state index in [2.05, 4.69) is 14.7 Å². The molecular formula is C24H24Cl2N4O4S. The van der Waals surface area contributed by atoms with Crippen molar-refractivity contribution in [3.05, 3.63) is 81.1 Å². The molecule has 8 nitrogen and oxygen atoms in total. The molecule has 1 aromatic heterocycles. The van der Waals surface area contributed by atoms with Crippen molar-refractivity contribution in [1.29, 1.82) is 0 Å². The first kappa shape index (κ1) is 25.4. The molecule has 2 heterocycles. The van der Waals surface area contributed by atoms with Crippen LogP contribution in [0.1, 0.15) is 53.9 Å². The number of fused-ring (bicyclic) bond motifs is 1. The number of hydrogen-bond acceptors (Lipinski definition) is 6. The van der Waals surface area contributed by atoms with Gasteiger partial charge in [-0.2, -0.15) is 9.97 Å². The summed E-state index contributed by atoms with van der Waals surface area (Å²) in [4.78, 5) is 22.6. The molecule has 1 atom stereocenters. The number of nitrogens with zero attached hydrogens (tertiary/aromatic N) is 3. The molecule has 11 heteroatoms. The number of amides is 1. The number of anilines is 1. The van der Waals surface area contributed by atoms with Gasteiger partial charge in [-0.15, -0.1) is 0 Å². The first-order chi connectivity index (χ1) is 16.4. The third-order valence-electron chi connectivity index (χ3n) is 5.64. The summed E-state index contributed by atoms with van der Waals surface area (Å²) in [6.07, 6.45) is -0.819. The van der Waals surface area contributed by atoms with Crippen LogP contribution < -0.4 is 4.72 Å². The van der Waals surface area contributed by atoms with Gasteiger partial charge in [-0.3, -0.25) is 4.79 Å². The molecule has 4 rings (SSSR count). The zero-order valence-electron chi connectivity index (χ0n) is 19.3. The van der Waals surface area contributed by atoms with Gasteiger partial charge in [-0.25, -0.2) is 13.1 Å². The number of rotatable bonds is 4. The number of carbonyl (C=O) groups is 1. The Morgan fingerprint density at radius 1 is 1.09 bits per heavy atom. The average Bonchev–Trinajstić information content (AvgIpc) is 2.77. The van der Waals surface area contributed by atoms with Gasteiger partial charge in [0, 0.05) is 17.7 Å². The quantitative estimate of drug-likeness (QED) is 0.474. The summed E-state index contributed by atoms with van der Waals surface area (Å²) < 4.78 is 28.3. The SMILES string of the molecule is CC(C)(C)c1c(Cl)nc(NS(=O)(=O)c2cccc(C(=O)N3Cc4ccccc4C(O)C3)c2)nc1Cl. The second kappa shape index (κ2) is 9.39. The molecule has 3 aromatic rings. The highest BCUT2D eigenvalue weighted by atomic mass is 35.5. The first-order valence-electron chi connectivity index (χ1n) is 10.8.